The summed E-state index contributed by atoms with van der Waals surface area (Å²) in [5.41, 5.74) is 12.7. The Morgan fingerprint density at radius 1 is 1.00 bits per heavy atom. The zero-order valence-corrected chi connectivity index (χ0v) is 13.7. The molecule has 0 atom stereocenters. The normalized spacial score (nSPS) is 20.0. The van der Waals surface area contributed by atoms with E-state index in [-0.39, 0.29) is 6.10 Å². The number of hydrogen-bond acceptors (Lipinski definition) is 5. The molecule has 1 heterocycles. The molecule has 0 spiro atoms. The van der Waals surface area contributed by atoms with Crippen LogP contribution in [-0.4, -0.2) is 24.4 Å². The first-order valence-corrected chi connectivity index (χ1v) is 7.24. The van der Waals surface area contributed by atoms with Gasteiger partial charge in [-0.25, -0.2) is 0 Å². The molecule has 1 fully saturated rings. The van der Waals surface area contributed by atoms with Crippen LogP contribution in [0.5, 0.6) is 5.75 Å². The molecule has 0 aromatic heterocycles. The Hall–Kier alpha value is -1.40. The van der Waals surface area contributed by atoms with Gasteiger partial charge < -0.3 is 25.5 Å². The molecule has 0 radical (unpaired) electrons. The predicted molar refractivity (Wildman–Crippen MR) is 86.7 cm³/mol. The Balaban J connectivity index is 2.42. The van der Waals surface area contributed by atoms with Gasteiger partial charge in [0.25, 0.3) is 0 Å². The Labute approximate surface area is 127 Å². The number of hydrogen-bond donors (Lipinski definition) is 2. The van der Waals surface area contributed by atoms with E-state index in [0.717, 1.165) is 5.46 Å². The largest absolute Gasteiger partial charge is 0.498 e. The maximum atomic E-state index is 6.07. The van der Waals surface area contributed by atoms with E-state index in [1.807, 2.05) is 41.5 Å². The fourth-order valence-electron chi connectivity index (χ4n) is 2.14. The van der Waals surface area contributed by atoms with Crippen molar-refractivity contribution in [1.82, 2.24) is 0 Å². The molecule has 2 rings (SSSR count). The highest BCUT2D eigenvalue weighted by atomic mass is 16.7. The molecule has 5 nitrogen and oxygen atoms in total. The number of rotatable bonds is 3. The average molecular weight is 292 g/mol. The summed E-state index contributed by atoms with van der Waals surface area (Å²) in [6, 6.07) is 3.50. The summed E-state index contributed by atoms with van der Waals surface area (Å²) in [7, 11) is -0.522. The zero-order chi connectivity index (χ0) is 16.0. The van der Waals surface area contributed by atoms with E-state index in [4.69, 9.17) is 25.5 Å². The Morgan fingerprint density at radius 3 is 1.95 bits per heavy atom. The molecular weight excluding hydrogens is 267 g/mol. The minimum atomic E-state index is -0.522. The number of ether oxygens (including phenoxy) is 1. The van der Waals surface area contributed by atoms with Crippen LogP contribution in [0.1, 0.15) is 41.5 Å². The summed E-state index contributed by atoms with van der Waals surface area (Å²) in [5, 5.41) is 0. The van der Waals surface area contributed by atoms with E-state index in [0.29, 0.717) is 17.1 Å². The third kappa shape index (κ3) is 2.96. The third-order valence-electron chi connectivity index (χ3n) is 4.09. The molecular formula is C15H25BN2O3. The van der Waals surface area contributed by atoms with Crippen LogP contribution >= 0.6 is 0 Å². The molecule has 116 valence electrons. The Bertz CT molecular complexity index is 528. The van der Waals surface area contributed by atoms with Crippen molar-refractivity contribution in [2.24, 2.45) is 0 Å². The first-order valence-electron chi connectivity index (χ1n) is 7.24. The van der Waals surface area contributed by atoms with Gasteiger partial charge in [-0.3, -0.25) is 0 Å². The van der Waals surface area contributed by atoms with Gasteiger partial charge in [-0.1, -0.05) is 0 Å². The predicted octanol–water partition coefficient (Wildman–Crippen LogP) is 1.94. The van der Waals surface area contributed by atoms with E-state index in [2.05, 4.69) is 0 Å². The van der Waals surface area contributed by atoms with E-state index in [1.165, 1.54) is 0 Å². The van der Waals surface area contributed by atoms with Crippen LogP contribution in [0.15, 0.2) is 12.1 Å². The topological polar surface area (TPSA) is 79.7 Å². The van der Waals surface area contributed by atoms with Crippen molar-refractivity contribution < 1.29 is 14.0 Å². The van der Waals surface area contributed by atoms with Crippen LogP contribution in [0.25, 0.3) is 0 Å². The van der Waals surface area contributed by atoms with Crippen molar-refractivity contribution in [2.45, 2.75) is 58.8 Å². The second-order valence-electron chi connectivity index (χ2n) is 6.77. The minimum absolute atomic E-state index is 0.0224. The molecule has 21 heavy (non-hydrogen) atoms. The number of nitrogens with two attached hydrogens (primary N) is 2. The van der Waals surface area contributed by atoms with Gasteiger partial charge in [0.15, 0.2) is 0 Å². The van der Waals surface area contributed by atoms with Gasteiger partial charge in [0.2, 0.25) is 0 Å². The van der Waals surface area contributed by atoms with Crippen LogP contribution in [0, 0.1) is 0 Å². The first-order chi connectivity index (χ1) is 9.53. The quantitative estimate of drug-likeness (QED) is 0.657. The minimum Gasteiger partial charge on any atom is -0.491 e. The Morgan fingerprint density at radius 2 is 1.48 bits per heavy atom. The summed E-state index contributed by atoms with van der Waals surface area (Å²) in [5.74, 6) is 0.648. The lowest BCUT2D eigenvalue weighted by Crippen LogP contribution is -2.41. The zero-order valence-electron chi connectivity index (χ0n) is 13.7. The molecule has 0 unspecified atom stereocenters. The van der Waals surface area contributed by atoms with Gasteiger partial charge in [-0.05, 0) is 47.6 Å². The summed E-state index contributed by atoms with van der Waals surface area (Å²) in [6.45, 7) is 12.0. The molecule has 1 aliphatic rings. The van der Waals surface area contributed by atoms with Crippen LogP contribution in [0.3, 0.4) is 0 Å². The van der Waals surface area contributed by atoms with Crippen LogP contribution in [0.2, 0.25) is 0 Å². The molecule has 0 saturated carbocycles. The van der Waals surface area contributed by atoms with Crippen molar-refractivity contribution in [3.05, 3.63) is 12.1 Å². The number of nitrogen functional groups attached to an aromatic ring is 2. The highest BCUT2D eigenvalue weighted by Gasteiger charge is 2.52. The molecule has 4 N–H and O–H groups in total. The lowest BCUT2D eigenvalue weighted by molar-refractivity contribution is 0.00578. The second kappa shape index (κ2) is 5.11. The van der Waals surface area contributed by atoms with Crippen molar-refractivity contribution in [1.29, 1.82) is 0 Å². The van der Waals surface area contributed by atoms with Gasteiger partial charge in [0.05, 0.1) is 28.7 Å². The maximum Gasteiger partial charge on any atom is 0.498 e. The van der Waals surface area contributed by atoms with Gasteiger partial charge in [0.1, 0.15) is 5.75 Å². The maximum absolute atomic E-state index is 6.07. The molecule has 0 bridgehead atoms. The summed E-state index contributed by atoms with van der Waals surface area (Å²) >= 11 is 0. The number of anilines is 2. The SMILES string of the molecule is CC(C)Oc1cc(N)c(N)cc1B1OC(C)(C)C(C)(C)O1. The van der Waals surface area contributed by atoms with Gasteiger partial charge in [0, 0.05) is 11.5 Å². The van der Waals surface area contributed by atoms with Crippen molar-refractivity contribution in [3.8, 4) is 5.75 Å². The van der Waals surface area contributed by atoms with Crippen molar-refractivity contribution in [2.75, 3.05) is 11.5 Å². The molecule has 0 aliphatic carbocycles. The second-order valence-corrected chi connectivity index (χ2v) is 6.77. The fraction of sp³-hybridized carbons (Fsp3) is 0.600. The lowest BCUT2D eigenvalue weighted by Gasteiger charge is -2.32. The van der Waals surface area contributed by atoms with Gasteiger partial charge >= 0.3 is 7.12 Å². The molecule has 1 aliphatic heterocycles. The average Bonchev–Trinajstić information content (AvgIpc) is 2.52. The summed E-state index contributed by atoms with van der Waals surface area (Å²) in [4.78, 5) is 0. The highest BCUT2D eigenvalue weighted by Crippen LogP contribution is 2.37. The Kier molecular flexibility index (Phi) is 3.89. The molecule has 1 saturated heterocycles. The monoisotopic (exact) mass is 292 g/mol. The lowest BCUT2D eigenvalue weighted by atomic mass is 9.78. The van der Waals surface area contributed by atoms with Gasteiger partial charge in [-0.2, -0.15) is 0 Å². The summed E-state index contributed by atoms with van der Waals surface area (Å²) in [6.07, 6.45) is 0.0224. The van der Waals surface area contributed by atoms with Crippen molar-refractivity contribution in [3.63, 3.8) is 0 Å². The van der Waals surface area contributed by atoms with Crippen LogP contribution < -0.4 is 21.7 Å². The smallest absolute Gasteiger partial charge is 0.491 e. The van der Waals surface area contributed by atoms with E-state index >= 15 is 0 Å². The van der Waals surface area contributed by atoms with Crippen molar-refractivity contribution >= 4 is 24.0 Å². The summed E-state index contributed by atoms with van der Waals surface area (Å²) < 4.78 is 18.0. The fourth-order valence-corrected chi connectivity index (χ4v) is 2.14. The number of benzene rings is 1. The van der Waals surface area contributed by atoms with Crippen LogP contribution in [0.4, 0.5) is 11.4 Å². The van der Waals surface area contributed by atoms with Gasteiger partial charge in [-0.15, -0.1) is 0 Å². The van der Waals surface area contributed by atoms with E-state index in [1.54, 1.807) is 12.1 Å². The van der Waals surface area contributed by atoms with E-state index in [9.17, 15) is 0 Å². The first kappa shape index (κ1) is 16.0. The standard InChI is InChI=1S/C15H25BN2O3/c1-9(2)19-13-8-12(18)11(17)7-10(13)16-20-14(3,4)15(5,6)21-16/h7-9H,17-18H2,1-6H3. The third-order valence-corrected chi connectivity index (χ3v) is 4.09. The van der Waals surface area contributed by atoms with Crippen LogP contribution in [-0.2, 0) is 9.31 Å². The molecule has 6 heteroatoms. The van der Waals surface area contributed by atoms with E-state index < -0.39 is 18.3 Å². The molecule has 1 aromatic rings. The molecule has 0 amide bonds. The highest BCUT2D eigenvalue weighted by molar-refractivity contribution is 6.63. The molecule has 1 aromatic carbocycles.